The van der Waals surface area contributed by atoms with E-state index in [-0.39, 0.29) is 29.8 Å². The first kappa shape index (κ1) is 21.9. The molecule has 6 nitrogen and oxygen atoms in total. The monoisotopic (exact) mass is 431 g/mol. The van der Waals surface area contributed by atoms with Crippen LogP contribution in [0.4, 0.5) is 21.7 Å². The molecule has 2 N–H and O–H groups in total. The number of rotatable bonds is 4. The molecule has 0 bridgehead atoms. The number of carbonyl (C=O) groups is 1. The molecule has 0 aliphatic carbocycles. The number of benzene rings is 1. The van der Waals surface area contributed by atoms with Crippen LogP contribution in [0, 0.1) is 5.82 Å². The zero-order valence-electron chi connectivity index (χ0n) is 17.4. The molecule has 0 radical (unpaired) electrons. The number of fused-ring (bicyclic) bond motifs is 1. The first-order chi connectivity index (χ1) is 13.8. The molecule has 0 spiro atoms. The highest BCUT2D eigenvalue weighted by Crippen LogP contribution is 2.30. The van der Waals surface area contributed by atoms with Crippen molar-refractivity contribution in [2.24, 2.45) is 0 Å². The quantitative estimate of drug-likeness (QED) is 0.605. The molecule has 1 atom stereocenters. The second-order valence-corrected chi connectivity index (χ2v) is 8.48. The van der Waals surface area contributed by atoms with Crippen molar-refractivity contribution in [3.63, 3.8) is 0 Å². The van der Waals surface area contributed by atoms with Crippen molar-refractivity contribution in [1.82, 2.24) is 9.97 Å². The zero-order valence-corrected chi connectivity index (χ0v) is 18.2. The number of halogens is 2. The molecule has 4 rings (SSSR count). The summed E-state index contributed by atoms with van der Waals surface area (Å²) in [6.45, 7) is 8.23. The predicted molar refractivity (Wildman–Crippen MR) is 123 cm³/mol. The summed E-state index contributed by atoms with van der Waals surface area (Å²) in [7, 11) is 0. The lowest BCUT2D eigenvalue weighted by molar-refractivity contribution is -0.109. The number of H-pyrrole nitrogens is 1. The van der Waals surface area contributed by atoms with Crippen LogP contribution in [0.25, 0.3) is 10.9 Å². The molecular weight excluding hydrogens is 405 g/mol. The van der Waals surface area contributed by atoms with Crippen molar-refractivity contribution in [1.29, 1.82) is 0 Å². The van der Waals surface area contributed by atoms with E-state index in [1.165, 1.54) is 12.1 Å². The normalized spacial score (nSPS) is 17.0. The van der Waals surface area contributed by atoms with Crippen molar-refractivity contribution in [2.75, 3.05) is 34.8 Å². The van der Waals surface area contributed by atoms with Crippen LogP contribution >= 0.6 is 12.4 Å². The Bertz CT molecular complexity index is 1030. The number of carbonyl (C=O) groups excluding carboxylic acids is 1. The molecule has 1 aliphatic heterocycles. The van der Waals surface area contributed by atoms with Gasteiger partial charge in [-0.1, -0.05) is 0 Å². The Morgan fingerprint density at radius 1 is 1.23 bits per heavy atom. The third-order valence-corrected chi connectivity index (χ3v) is 5.05. The summed E-state index contributed by atoms with van der Waals surface area (Å²) in [5, 5.41) is 4.30. The van der Waals surface area contributed by atoms with Crippen molar-refractivity contribution in [3.05, 3.63) is 48.4 Å². The summed E-state index contributed by atoms with van der Waals surface area (Å²) in [6.07, 6.45) is 2.75. The number of aldehydes is 1. The number of nitrogens with one attached hydrogen (secondary N) is 2. The van der Waals surface area contributed by atoms with Gasteiger partial charge in [0.05, 0.1) is 5.69 Å². The Hall–Kier alpha value is -2.80. The van der Waals surface area contributed by atoms with E-state index >= 15 is 0 Å². The minimum atomic E-state index is -0.328. The van der Waals surface area contributed by atoms with Gasteiger partial charge in [0.1, 0.15) is 24.0 Å². The second-order valence-electron chi connectivity index (χ2n) is 8.48. The van der Waals surface area contributed by atoms with Crippen LogP contribution in [-0.4, -0.2) is 47.5 Å². The van der Waals surface area contributed by atoms with Crippen molar-refractivity contribution >= 4 is 46.9 Å². The van der Waals surface area contributed by atoms with Crippen LogP contribution < -0.4 is 15.1 Å². The highest BCUT2D eigenvalue weighted by molar-refractivity contribution is 5.86. The molecule has 3 heterocycles. The van der Waals surface area contributed by atoms with E-state index in [1.807, 2.05) is 23.1 Å². The van der Waals surface area contributed by atoms with E-state index in [9.17, 15) is 9.18 Å². The van der Waals surface area contributed by atoms with Gasteiger partial charge < -0.3 is 24.9 Å². The Labute approximate surface area is 181 Å². The highest BCUT2D eigenvalue weighted by Gasteiger charge is 2.30. The molecule has 1 aromatic carbocycles. The molecule has 160 valence electrons. The van der Waals surface area contributed by atoms with Crippen LogP contribution in [0.1, 0.15) is 20.8 Å². The Balaban J connectivity index is 0.00000256. The Kier molecular flexibility index (Phi) is 6.22. The number of piperazine rings is 1. The van der Waals surface area contributed by atoms with E-state index < -0.39 is 0 Å². The molecule has 30 heavy (non-hydrogen) atoms. The van der Waals surface area contributed by atoms with E-state index in [4.69, 9.17) is 0 Å². The molecule has 1 unspecified atom stereocenters. The SMILES string of the molecule is CC(C)(C)Nc1cccnc1N1CCN(c2cc3cc(F)ccc3[nH]2)C(C=O)C1.Cl. The summed E-state index contributed by atoms with van der Waals surface area (Å²) < 4.78 is 13.5. The van der Waals surface area contributed by atoms with Crippen LogP contribution in [0.15, 0.2) is 42.6 Å². The maximum atomic E-state index is 13.5. The first-order valence-electron chi connectivity index (χ1n) is 9.82. The van der Waals surface area contributed by atoms with Crippen molar-refractivity contribution in [2.45, 2.75) is 32.4 Å². The summed E-state index contributed by atoms with van der Waals surface area (Å²) in [5.41, 5.74) is 1.72. The first-order valence-corrected chi connectivity index (χ1v) is 9.82. The fourth-order valence-electron chi connectivity index (χ4n) is 3.81. The molecular formula is C22H27ClFN5O. The Morgan fingerprint density at radius 3 is 2.77 bits per heavy atom. The largest absolute Gasteiger partial charge is 0.377 e. The van der Waals surface area contributed by atoms with Gasteiger partial charge in [0, 0.05) is 42.3 Å². The lowest BCUT2D eigenvalue weighted by Gasteiger charge is -2.41. The predicted octanol–water partition coefficient (Wildman–Crippen LogP) is 4.23. The van der Waals surface area contributed by atoms with Gasteiger partial charge >= 0.3 is 0 Å². The van der Waals surface area contributed by atoms with E-state index in [1.54, 1.807) is 12.3 Å². The molecule has 1 fully saturated rings. The summed E-state index contributed by atoms with van der Waals surface area (Å²) in [5.74, 6) is 1.41. The van der Waals surface area contributed by atoms with Crippen LogP contribution in [0.2, 0.25) is 0 Å². The van der Waals surface area contributed by atoms with Crippen molar-refractivity contribution < 1.29 is 9.18 Å². The van der Waals surface area contributed by atoms with Gasteiger partial charge in [0.25, 0.3) is 0 Å². The summed E-state index contributed by atoms with van der Waals surface area (Å²) in [4.78, 5) is 24.0. The van der Waals surface area contributed by atoms with Crippen LogP contribution in [0.3, 0.4) is 0 Å². The number of nitrogens with zero attached hydrogens (tertiary/aromatic N) is 3. The van der Waals surface area contributed by atoms with Crippen molar-refractivity contribution in [3.8, 4) is 0 Å². The molecule has 2 aromatic heterocycles. The zero-order chi connectivity index (χ0) is 20.6. The number of hydrogen-bond acceptors (Lipinski definition) is 5. The molecule has 1 aliphatic rings. The van der Waals surface area contributed by atoms with Gasteiger partial charge in [-0.3, -0.25) is 0 Å². The molecule has 8 heteroatoms. The second kappa shape index (κ2) is 8.52. The maximum absolute atomic E-state index is 13.5. The average molecular weight is 432 g/mol. The number of anilines is 3. The van der Waals surface area contributed by atoms with Crippen LogP contribution in [-0.2, 0) is 4.79 Å². The Morgan fingerprint density at radius 2 is 2.03 bits per heavy atom. The van der Waals surface area contributed by atoms with Gasteiger partial charge in [0.2, 0.25) is 0 Å². The van der Waals surface area contributed by atoms with E-state index in [0.717, 1.165) is 41.1 Å². The maximum Gasteiger partial charge on any atom is 0.152 e. The number of pyridine rings is 1. The average Bonchev–Trinajstić information content (AvgIpc) is 3.09. The molecule has 0 saturated carbocycles. The fourth-order valence-corrected chi connectivity index (χ4v) is 3.81. The lowest BCUT2D eigenvalue weighted by atomic mass is 10.1. The summed E-state index contributed by atoms with van der Waals surface area (Å²) in [6, 6.07) is 10.2. The number of aromatic nitrogens is 2. The van der Waals surface area contributed by atoms with Gasteiger partial charge in [-0.15, -0.1) is 12.4 Å². The number of aromatic amines is 1. The van der Waals surface area contributed by atoms with Gasteiger partial charge in [-0.25, -0.2) is 9.37 Å². The van der Waals surface area contributed by atoms with Gasteiger partial charge in [-0.2, -0.15) is 0 Å². The molecule has 0 amide bonds. The topological polar surface area (TPSA) is 64.3 Å². The third kappa shape index (κ3) is 4.51. The molecule has 3 aromatic rings. The minimum absolute atomic E-state index is 0. The van der Waals surface area contributed by atoms with Gasteiger partial charge in [0.15, 0.2) is 5.82 Å². The third-order valence-electron chi connectivity index (χ3n) is 5.05. The van der Waals surface area contributed by atoms with E-state index in [2.05, 4.69) is 41.0 Å². The van der Waals surface area contributed by atoms with E-state index in [0.29, 0.717) is 13.1 Å². The minimum Gasteiger partial charge on any atom is -0.377 e. The smallest absolute Gasteiger partial charge is 0.152 e. The van der Waals surface area contributed by atoms with Gasteiger partial charge in [-0.05, 0) is 57.2 Å². The summed E-state index contributed by atoms with van der Waals surface area (Å²) >= 11 is 0. The standard InChI is InChI=1S/C22H26FN5O.ClH/c1-22(2,3)26-19-5-4-8-24-21(19)27-9-10-28(17(13-27)14-29)20-12-15-11-16(23)6-7-18(15)25-20;/h4-8,11-12,14,17,25-26H,9-10,13H2,1-3H3;1H. The lowest BCUT2D eigenvalue weighted by Crippen LogP contribution is -2.54. The molecule has 1 saturated heterocycles. The highest BCUT2D eigenvalue weighted by atomic mass is 35.5. The fraction of sp³-hybridized carbons (Fsp3) is 0.364. The van der Waals surface area contributed by atoms with Crippen LogP contribution in [0.5, 0.6) is 0 Å². The number of hydrogen-bond donors (Lipinski definition) is 2.